The van der Waals surface area contributed by atoms with Gasteiger partial charge in [-0.25, -0.2) is 4.79 Å². The summed E-state index contributed by atoms with van der Waals surface area (Å²) in [6.07, 6.45) is 1.69. The highest BCUT2D eigenvalue weighted by Crippen LogP contribution is 2.36. The number of hydrogen-bond donors (Lipinski definition) is 1. The number of ether oxygens (including phenoxy) is 2. The van der Waals surface area contributed by atoms with E-state index in [1.807, 2.05) is 18.2 Å². The summed E-state index contributed by atoms with van der Waals surface area (Å²) in [5, 5.41) is 2.42. The molecule has 1 aromatic carbocycles. The molecule has 0 spiro atoms. The molecule has 4 amide bonds. The van der Waals surface area contributed by atoms with E-state index in [1.54, 1.807) is 19.1 Å². The maximum absolute atomic E-state index is 12.6. The molecule has 134 valence electrons. The number of rotatable bonds is 5. The molecule has 1 N–H and O–H groups in total. The second kappa shape index (κ2) is 7.00. The fraction of sp³-hybridized carbons (Fsp3) is 0.471. The van der Waals surface area contributed by atoms with Gasteiger partial charge in [-0.05, 0) is 30.5 Å². The van der Waals surface area contributed by atoms with Crippen molar-refractivity contribution in [2.24, 2.45) is 0 Å². The number of nitrogens with zero attached hydrogens (tertiary/aromatic N) is 2. The maximum atomic E-state index is 12.6. The number of carbonyl (C=O) groups is 3. The standard InChI is InChI=1S/C17H21N3O5/c1-24-13-6-5-11(8-14(13)25-2)12-4-3-7-19(12)16(22)10-20-15(21)9-18-17(20)23/h5-6,8,12H,3-4,7,9-10H2,1-2H3,(H,18,23)/t12-/m0/s1. The van der Waals surface area contributed by atoms with Gasteiger partial charge in [0.25, 0.3) is 5.91 Å². The quantitative estimate of drug-likeness (QED) is 0.800. The van der Waals surface area contributed by atoms with Crippen LogP contribution in [0.25, 0.3) is 0 Å². The predicted molar refractivity (Wildman–Crippen MR) is 88.3 cm³/mol. The summed E-state index contributed by atoms with van der Waals surface area (Å²) in [5.41, 5.74) is 0.945. The van der Waals surface area contributed by atoms with E-state index in [-0.39, 0.29) is 30.9 Å². The Hall–Kier alpha value is -2.77. The van der Waals surface area contributed by atoms with Crippen LogP contribution in [0.4, 0.5) is 4.79 Å². The number of likely N-dealkylation sites (tertiary alicyclic amines) is 1. The Bertz CT molecular complexity index is 690. The lowest BCUT2D eigenvalue weighted by Crippen LogP contribution is -2.42. The molecule has 1 aromatic rings. The number of nitrogens with one attached hydrogen (secondary N) is 1. The monoisotopic (exact) mass is 347 g/mol. The number of carbonyl (C=O) groups excluding carboxylic acids is 3. The summed E-state index contributed by atoms with van der Waals surface area (Å²) in [6, 6.07) is 4.97. The highest BCUT2D eigenvalue weighted by Gasteiger charge is 2.35. The first-order chi connectivity index (χ1) is 12.0. The number of benzene rings is 1. The van der Waals surface area contributed by atoms with Gasteiger partial charge in [-0.15, -0.1) is 0 Å². The largest absolute Gasteiger partial charge is 0.493 e. The van der Waals surface area contributed by atoms with Gasteiger partial charge >= 0.3 is 6.03 Å². The Balaban J connectivity index is 1.77. The van der Waals surface area contributed by atoms with E-state index in [4.69, 9.17) is 9.47 Å². The molecular weight excluding hydrogens is 326 g/mol. The molecular formula is C17H21N3O5. The Morgan fingerprint density at radius 3 is 2.64 bits per heavy atom. The summed E-state index contributed by atoms with van der Waals surface area (Å²) in [6.45, 7) is 0.321. The van der Waals surface area contributed by atoms with Gasteiger partial charge in [0.05, 0.1) is 26.8 Å². The minimum atomic E-state index is -0.514. The topological polar surface area (TPSA) is 88.2 Å². The van der Waals surface area contributed by atoms with Crippen molar-refractivity contribution in [3.8, 4) is 11.5 Å². The van der Waals surface area contributed by atoms with Crippen LogP contribution >= 0.6 is 0 Å². The van der Waals surface area contributed by atoms with Crippen molar-refractivity contribution < 1.29 is 23.9 Å². The average Bonchev–Trinajstić information content (AvgIpc) is 3.23. The van der Waals surface area contributed by atoms with E-state index in [9.17, 15) is 14.4 Å². The van der Waals surface area contributed by atoms with E-state index in [1.165, 1.54) is 0 Å². The molecule has 0 aromatic heterocycles. The molecule has 2 fully saturated rings. The Morgan fingerprint density at radius 2 is 2.00 bits per heavy atom. The smallest absolute Gasteiger partial charge is 0.325 e. The fourth-order valence-electron chi connectivity index (χ4n) is 3.31. The van der Waals surface area contributed by atoms with Crippen molar-refractivity contribution in [1.82, 2.24) is 15.1 Å². The van der Waals surface area contributed by atoms with Gasteiger partial charge in [-0.2, -0.15) is 0 Å². The molecule has 8 nitrogen and oxygen atoms in total. The highest BCUT2D eigenvalue weighted by molar-refractivity contribution is 6.04. The Kier molecular flexibility index (Phi) is 4.78. The molecule has 2 heterocycles. The third-order valence-electron chi connectivity index (χ3n) is 4.60. The second-order valence-electron chi connectivity index (χ2n) is 6.00. The number of methoxy groups -OCH3 is 2. The normalized spacial score (nSPS) is 20.0. The molecule has 0 bridgehead atoms. The molecule has 2 saturated heterocycles. The summed E-state index contributed by atoms with van der Waals surface area (Å²) in [4.78, 5) is 38.7. The third-order valence-corrected chi connectivity index (χ3v) is 4.60. The van der Waals surface area contributed by atoms with Crippen LogP contribution < -0.4 is 14.8 Å². The zero-order valence-corrected chi connectivity index (χ0v) is 14.3. The van der Waals surface area contributed by atoms with Crippen molar-refractivity contribution >= 4 is 17.8 Å². The van der Waals surface area contributed by atoms with Crippen LogP contribution in [0.5, 0.6) is 11.5 Å². The summed E-state index contributed by atoms with van der Waals surface area (Å²) >= 11 is 0. The Morgan fingerprint density at radius 1 is 1.24 bits per heavy atom. The van der Waals surface area contributed by atoms with Crippen LogP contribution in [0.2, 0.25) is 0 Å². The SMILES string of the molecule is COc1ccc([C@@H]2CCCN2C(=O)CN2C(=O)CNC2=O)cc1OC. The van der Waals surface area contributed by atoms with Crippen molar-refractivity contribution in [2.75, 3.05) is 33.9 Å². The lowest BCUT2D eigenvalue weighted by atomic mass is 10.0. The molecule has 0 unspecified atom stereocenters. The van der Waals surface area contributed by atoms with Crippen LogP contribution in [0, 0.1) is 0 Å². The van der Waals surface area contributed by atoms with Gasteiger partial charge in [0.2, 0.25) is 5.91 Å². The van der Waals surface area contributed by atoms with Crippen LogP contribution in [-0.2, 0) is 9.59 Å². The molecule has 2 aliphatic rings. The molecule has 8 heteroatoms. The summed E-state index contributed by atoms with van der Waals surface area (Å²) < 4.78 is 10.6. The summed E-state index contributed by atoms with van der Waals surface area (Å²) in [7, 11) is 3.14. The molecule has 1 atom stereocenters. The lowest BCUT2D eigenvalue weighted by Gasteiger charge is -2.27. The number of amides is 4. The first-order valence-corrected chi connectivity index (χ1v) is 8.14. The van der Waals surface area contributed by atoms with Crippen molar-refractivity contribution in [3.05, 3.63) is 23.8 Å². The number of imide groups is 1. The molecule has 0 saturated carbocycles. The zero-order chi connectivity index (χ0) is 18.0. The minimum Gasteiger partial charge on any atom is -0.493 e. The van der Waals surface area contributed by atoms with E-state index in [0.717, 1.165) is 23.3 Å². The highest BCUT2D eigenvalue weighted by atomic mass is 16.5. The van der Waals surface area contributed by atoms with Crippen molar-refractivity contribution in [3.63, 3.8) is 0 Å². The van der Waals surface area contributed by atoms with Crippen LogP contribution in [-0.4, -0.2) is 61.5 Å². The van der Waals surface area contributed by atoms with Gasteiger partial charge in [0.15, 0.2) is 11.5 Å². The van der Waals surface area contributed by atoms with Gasteiger partial charge in [-0.3, -0.25) is 14.5 Å². The van der Waals surface area contributed by atoms with Crippen LogP contribution in [0.3, 0.4) is 0 Å². The average molecular weight is 347 g/mol. The van der Waals surface area contributed by atoms with E-state index < -0.39 is 6.03 Å². The van der Waals surface area contributed by atoms with Gasteiger partial charge in [-0.1, -0.05) is 6.07 Å². The van der Waals surface area contributed by atoms with Gasteiger partial charge < -0.3 is 19.7 Å². The fourth-order valence-corrected chi connectivity index (χ4v) is 3.31. The lowest BCUT2D eigenvalue weighted by molar-refractivity contribution is -0.137. The third kappa shape index (κ3) is 3.24. The maximum Gasteiger partial charge on any atom is 0.325 e. The molecule has 0 aliphatic carbocycles. The number of hydrogen-bond acceptors (Lipinski definition) is 5. The van der Waals surface area contributed by atoms with E-state index in [2.05, 4.69) is 5.32 Å². The Labute approximate surface area is 145 Å². The first kappa shape index (κ1) is 17.1. The van der Waals surface area contributed by atoms with E-state index >= 15 is 0 Å². The zero-order valence-electron chi connectivity index (χ0n) is 14.3. The van der Waals surface area contributed by atoms with Gasteiger partial charge in [0.1, 0.15) is 6.54 Å². The summed E-state index contributed by atoms with van der Waals surface area (Å²) in [5.74, 6) is 0.623. The van der Waals surface area contributed by atoms with Crippen molar-refractivity contribution in [1.29, 1.82) is 0 Å². The minimum absolute atomic E-state index is 0.0504. The molecule has 2 aliphatic heterocycles. The number of urea groups is 1. The van der Waals surface area contributed by atoms with E-state index in [0.29, 0.717) is 18.0 Å². The second-order valence-corrected chi connectivity index (χ2v) is 6.00. The van der Waals surface area contributed by atoms with Gasteiger partial charge in [0, 0.05) is 6.54 Å². The van der Waals surface area contributed by atoms with Crippen LogP contribution in [0.15, 0.2) is 18.2 Å². The van der Waals surface area contributed by atoms with Crippen molar-refractivity contribution in [2.45, 2.75) is 18.9 Å². The first-order valence-electron chi connectivity index (χ1n) is 8.14. The molecule has 0 radical (unpaired) electrons. The van der Waals surface area contributed by atoms with Crippen LogP contribution in [0.1, 0.15) is 24.4 Å². The molecule has 3 rings (SSSR count). The molecule has 25 heavy (non-hydrogen) atoms. The predicted octanol–water partition coefficient (Wildman–Crippen LogP) is 0.919.